The molecule has 1 unspecified atom stereocenters. The van der Waals surface area contributed by atoms with E-state index >= 15 is 0 Å². The van der Waals surface area contributed by atoms with Gasteiger partial charge in [-0.3, -0.25) is 0 Å². The summed E-state index contributed by atoms with van der Waals surface area (Å²) in [5.74, 6) is 3.72. The van der Waals surface area contributed by atoms with Crippen LogP contribution in [-0.2, 0) is 9.47 Å². The van der Waals surface area contributed by atoms with E-state index in [4.69, 9.17) is 23.7 Å². The Kier molecular flexibility index (Phi) is 8.63. The summed E-state index contributed by atoms with van der Waals surface area (Å²) in [6.45, 7) is 5.66. The predicted octanol–water partition coefficient (Wildman–Crippen LogP) is 7.41. The molecule has 3 aromatic rings. The SMILES string of the molecule is CCCCOc1ccc2c(C3C(OC)=C(OC)[CH]c4ccc(OC)cc43)cccc2c1OCCCC. The Bertz CT molecular complexity index is 1210. The van der Waals surface area contributed by atoms with Gasteiger partial charge in [0.2, 0.25) is 0 Å². The molecule has 0 aromatic heterocycles. The normalized spacial score (nSPS) is 15.0. The van der Waals surface area contributed by atoms with Crippen LogP contribution in [0.25, 0.3) is 10.8 Å². The van der Waals surface area contributed by atoms with Gasteiger partial charge in [0.1, 0.15) is 17.3 Å². The van der Waals surface area contributed by atoms with Gasteiger partial charge in [-0.2, -0.15) is 0 Å². The van der Waals surface area contributed by atoms with Gasteiger partial charge in [0, 0.05) is 5.39 Å². The summed E-state index contributed by atoms with van der Waals surface area (Å²) in [4.78, 5) is 0. The molecular formula is C31H37O5. The Morgan fingerprint density at radius 2 is 1.50 bits per heavy atom. The molecule has 0 N–H and O–H groups in total. The van der Waals surface area contributed by atoms with Crippen molar-refractivity contribution in [3.63, 3.8) is 0 Å². The first-order valence-electron chi connectivity index (χ1n) is 12.8. The van der Waals surface area contributed by atoms with Gasteiger partial charge in [0.25, 0.3) is 0 Å². The zero-order chi connectivity index (χ0) is 25.5. The second-order valence-corrected chi connectivity index (χ2v) is 8.95. The molecule has 0 heterocycles. The fourth-order valence-electron chi connectivity index (χ4n) is 4.74. The van der Waals surface area contributed by atoms with E-state index in [1.54, 1.807) is 21.3 Å². The first kappa shape index (κ1) is 25.7. The molecular weight excluding hydrogens is 452 g/mol. The lowest BCUT2D eigenvalue weighted by Crippen LogP contribution is -2.18. The fraction of sp³-hybridized carbons (Fsp3) is 0.387. The molecule has 0 spiro atoms. The van der Waals surface area contributed by atoms with Gasteiger partial charge in [-0.05, 0) is 53.1 Å². The standard InChI is InChI=1S/C31H37O5/c1-6-8-17-35-27-16-15-23-24(11-10-12-25(23)30(27)36-18-9-7-2)29-26-20-22(32-3)14-13-21(26)19-28(33-4)31(29)34-5/h10-16,19-20,29H,6-9,17-18H2,1-5H3. The number of allylic oxidation sites excluding steroid dienone is 2. The predicted molar refractivity (Wildman–Crippen MR) is 144 cm³/mol. The summed E-state index contributed by atoms with van der Waals surface area (Å²) in [5, 5.41) is 2.13. The van der Waals surface area contributed by atoms with Gasteiger partial charge in [-0.1, -0.05) is 57.0 Å². The molecule has 0 amide bonds. The van der Waals surface area contributed by atoms with Crippen molar-refractivity contribution in [1.82, 2.24) is 0 Å². The van der Waals surface area contributed by atoms with Crippen molar-refractivity contribution in [3.05, 3.63) is 83.2 Å². The molecule has 1 aliphatic rings. The number of unbranched alkanes of at least 4 members (excludes halogenated alkanes) is 2. The highest BCUT2D eigenvalue weighted by Crippen LogP contribution is 2.47. The highest BCUT2D eigenvalue weighted by molar-refractivity contribution is 5.94. The Hall–Kier alpha value is -3.34. The smallest absolute Gasteiger partial charge is 0.168 e. The number of ether oxygens (including phenoxy) is 5. The number of hydrogen-bond donors (Lipinski definition) is 0. The lowest BCUT2D eigenvalue weighted by Gasteiger charge is -2.30. The Labute approximate surface area is 215 Å². The second kappa shape index (κ2) is 12.1. The van der Waals surface area contributed by atoms with Crippen LogP contribution in [-0.4, -0.2) is 34.5 Å². The van der Waals surface area contributed by atoms with Gasteiger partial charge < -0.3 is 23.7 Å². The zero-order valence-corrected chi connectivity index (χ0v) is 22.1. The summed E-state index contributed by atoms with van der Waals surface area (Å²) in [6.07, 6.45) is 6.17. The van der Waals surface area contributed by atoms with Crippen LogP contribution < -0.4 is 14.2 Å². The lowest BCUT2D eigenvalue weighted by atomic mass is 9.79. The van der Waals surface area contributed by atoms with Crippen molar-refractivity contribution in [2.24, 2.45) is 0 Å². The third-order valence-corrected chi connectivity index (χ3v) is 6.66. The summed E-state index contributed by atoms with van der Waals surface area (Å²) in [5.41, 5.74) is 3.30. The fourth-order valence-corrected chi connectivity index (χ4v) is 4.74. The van der Waals surface area contributed by atoms with Crippen molar-refractivity contribution in [3.8, 4) is 17.2 Å². The molecule has 0 saturated carbocycles. The molecule has 1 radical (unpaired) electrons. The monoisotopic (exact) mass is 489 g/mol. The van der Waals surface area contributed by atoms with E-state index in [0.29, 0.717) is 13.2 Å². The summed E-state index contributed by atoms with van der Waals surface area (Å²) >= 11 is 0. The minimum atomic E-state index is -0.167. The van der Waals surface area contributed by atoms with Crippen LogP contribution in [0.3, 0.4) is 0 Å². The quantitative estimate of drug-likeness (QED) is 0.248. The lowest BCUT2D eigenvalue weighted by molar-refractivity contribution is 0.211. The van der Waals surface area contributed by atoms with E-state index in [1.165, 1.54) is 0 Å². The molecule has 0 fully saturated rings. The maximum atomic E-state index is 6.35. The number of benzene rings is 3. The Morgan fingerprint density at radius 3 is 2.19 bits per heavy atom. The maximum absolute atomic E-state index is 6.35. The molecule has 36 heavy (non-hydrogen) atoms. The topological polar surface area (TPSA) is 46.2 Å². The highest BCUT2D eigenvalue weighted by atomic mass is 16.5. The Morgan fingerprint density at radius 1 is 0.722 bits per heavy atom. The first-order chi connectivity index (χ1) is 17.7. The molecule has 0 bridgehead atoms. The number of rotatable bonds is 12. The average molecular weight is 490 g/mol. The highest BCUT2D eigenvalue weighted by Gasteiger charge is 2.33. The molecule has 5 heteroatoms. The largest absolute Gasteiger partial charge is 0.497 e. The van der Waals surface area contributed by atoms with Crippen LogP contribution in [0.2, 0.25) is 0 Å². The number of fused-ring (bicyclic) bond motifs is 2. The molecule has 1 atom stereocenters. The van der Waals surface area contributed by atoms with Gasteiger partial charge in [-0.15, -0.1) is 0 Å². The van der Waals surface area contributed by atoms with Crippen LogP contribution in [0.1, 0.15) is 62.1 Å². The number of methoxy groups -OCH3 is 3. The van der Waals surface area contributed by atoms with Gasteiger partial charge in [0.15, 0.2) is 11.5 Å². The first-order valence-corrected chi connectivity index (χ1v) is 12.8. The Balaban J connectivity index is 1.90. The van der Waals surface area contributed by atoms with Crippen molar-refractivity contribution in [2.75, 3.05) is 34.5 Å². The van der Waals surface area contributed by atoms with Crippen molar-refractivity contribution in [2.45, 2.75) is 45.4 Å². The third kappa shape index (κ3) is 5.11. The maximum Gasteiger partial charge on any atom is 0.168 e. The van der Waals surface area contributed by atoms with E-state index in [-0.39, 0.29) is 5.92 Å². The molecule has 4 rings (SSSR count). The molecule has 0 saturated heterocycles. The van der Waals surface area contributed by atoms with E-state index in [9.17, 15) is 0 Å². The second-order valence-electron chi connectivity index (χ2n) is 8.95. The molecule has 0 aliphatic heterocycles. The minimum absolute atomic E-state index is 0.167. The molecule has 191 valence electrons. The summed E-state index contributed by atoms with van der Waals surface area (Å²) < 4.78 is 29.8. The third-order valence-electron chi connectivity index (χ3n) is 6.66. The van der Waals surface area contributed by atoms with Crippen molar-refractivity contribution >= 4 is 10.8 Å². The van der Waals surface area contributed by atoms with E-state index < -0.39 is 0 Å². The molecule has 1 aliphatic carbocycles. The minimum Gasteiger partial charge on any atom is -0.497 e. The van der Waals surface area contributed by atoms with Crippen molar-refractivity contribution < 1.29 is 23.7 Å². The van der Waals surface area contributed by atoms with Crippen LogP contribution >= 0.6 is 0 Å². The van der Waals surface area contributed by atoms with Crippen LogP contribution in [0, 0.1) is 6.42 Å². The van der Waals surface area contributed by atoms with Gasteiger partial charge >= 0.3 is 0 Å². The van der Waals surface area contributed by atoms with Crippen LogP contribution in [0.5, 0.6) is 17.2 Å². The summed E-state index contributed by atoms with van der Waals surface area (Å²) in [7, 11) is 5.07. The van der Waals surface area contributed by atoms with Crippen molar-refractivity contribution in [1.29, 1.82) is 0 Å². The van der Waals surface area contributed by atoms with Crippen LogP contribution in [0.15, 0.2) is 60.0 Å². The number of hydrogen-bond acceptors (Lipinski definition) is 5. The van der Waals surface area contributed by atoms with Crippen LogP contribution in [0.4, 0.5) is 0 Å². The average Bonchev–Trinajstić information content (AvgIpc) is 2.92. The van der Waals surface area contributed by atoms with Gasteiger partial charge in [0.05, 0.1) is 46.9 Å². The molecule has 3 aromatic carbocycles. The van der Waals surface area contributed by atoms with E-state index in [0.717, 1.165) is 81.9 Å². The summed E-state index contributed by atoms with van der Waals surface area (Å²) in [6, 6.07) is 16.6. The molecule has 5 nitrogen and oxygen atoms in total. The van der Waals surface area contributed by atoms with E-state index in [1.807, 2.05) is 18.6 Å². The van der Waals surface area contributed by atoms with E-state index in [2.05, 4.69) is 50.2 Å². The zero-order valence-electron chi connectivity index (χ0n) is 22.1. The van der Waals surface area contributed by atoms with Gasteiger partial charge in [-0.25, -0.2) is 0 Å².